The first-order chi connectivity index (χ1) is 67.9. The van der Waals surface area contributed by atoms with Gasteiger partial charge in [-0.2, -0.15) is 8.42 Å². The third kappa shape index (κ3) is 39.1. The second kappa shape index (κ2) is 62.1. The fourth-order valence-corrected chi connectivity index (χ4v) is 17.0. The number of nitrogens with one attached hydrogen (secondary N) is 8. The minimum Gasteiger partial charge on any atom is -0.479 e. The Morgan fingerprint density at radius 2 is 1.19 bits per heavy atom. The Hall–Kier alpha value is -10.00. The number of nitrogens with zero attached hydrogens (tertiary/aromatic N) is 5. The number of likely N-dealkylation sites (tertiary alicyclic amines) is 1. The topological polar surface area (TPSA) is 587 Å². The average Bonchev–Trinajstić information content (AvgIpc) is 1.27. The number of aliphatic carboxylic acids is 1. The molecule has 2 aliphatic heterocycles. The Kier molecular flexibility index (Phi) is 52.8. The molecule has 1 aromatic heterocycles. The van der Waals surface area contributed by atoms with E-state index in [1.54, 1.807) is 136 Å². The maximum Gasteiger partial charge on any atom is 0.410 e. The molecule has 4 aromatic rings. The monoisotopic (exact) mass is 2050 g/mol. The van der Waals surface area contributed by atoms with Gasteiger partial charge in [0.15, 0.2) is 6.10 Å². The summed E-state index contributed by atoms with van der Waals surface area (Å²) in [6.45, 7) is 23.7. The Morgan fingerprint density at radius 1 is 0.601 bits per heavy atom. The Balaban J connectivity index is 1.05. The maximum absolute atomic E-state index is 15.1. The molecule has 2 fully saturated rings. The van der Waals surface area contributed by atoms with Crippen LogP contribution in [0.3, 0.4) is 0 Å². The minimum atomic E-state index is -4.86. The Bertz CT molecular complexity index is 4760. The van der Waals surface area contributed by atoms with Gasteiger partial charge in [-0.05, 0) is 105 Å². The molecule has 3 aromatic carbocycles. The van der Waals surface area contributed by atoms with E-state index in [9.17, 15) is 86.4 Å². The molecular weight excluding hydrogens is 1900 g/mol. The number of carboxylic acids is 1. The molecule has 0 spiro atoms. The number of methoxy groups -OCH3 is 3. The Labute approximate surface area is 836 Å². The molecule has 47 heteroatoms. The highest BCUT2D eigenvalue weighted by Crippen LogP contribution is 2.35. The molecule has 2 saturated heterocycles. The molecule has 46 nitrogen and oxygen atoms in total. The van der Waals surface area contributed by atoms with Crippen LogP contribution in [0.5, 0.6) is 5.75 Å². The van der Waals surface area contributed by atoms with Crippen molar-refractivity contribution in [2.75, 3.05) is 178 Å². The lowest BCUT2D eigenvalue weighted by Gasteiger charge is -2.41. The molecule has 6 rings (SSSR count). The number of hydrogen-bond acceptors (Lipinski definition) is 33. The van der Waals surface area contributed by atoms with E-state index in [2.05, 4.69) is 42.6 Å². The number of fused-ring (bicyclic) bond motifs is 1. The lowest BCUT2D eigenvalue weighted by atomic mass is 9.89. The van der Waals surface area contributed by atoms with Crippen molar-refractivity contribution in [1.29, 1.82) is 0 Å². The Morgan fingerprint density at radius 3 is 1.73 bits per heavy atom. The molecule has 0 bridgehead atoms. The van der Waals surface area contributed by atoms with Gasteiger partial charge in [0.05, 0.1) is 160 Å². The number of aryl methyl sites for hydroxylation is 1. The van der Waals surface area contributed by atoms with Gasteiger partial charge in [0.2, 0.25) is 53.5 Å². The van der Waals surface area contributed by atoms with Crippen LogP contribution in [0.2, 0.25) is 0 Å². The number of ether oxygens (including phenoxy) is 14. The van der Waals surface area contributed by atoms with Gasteiger partial charge in [-0.25, -0.2) is 19.4 Å². The number of carbonyl (C=O) groups is 11. The van der Waals surface area contributed by atoms with Crippen molar-refractivity contribution in [2.24, 2.45) is 29.6 Å². The fraction of sp³-hybridized carbons (Fsp3) is 0.677. The summed E-state index contributed by atoms with van der Waals surface area (Å²) in [5.41, 5.74) is 4.93. The smallest absolute Gasteiger partial charge is 0.410 e. The summed E-state index contributed by atoms with van der Waals surface area (Å²) in [7, 11) is 6.03. The predicted molar refractivity (Wildman–Crippen MR) is 521 cm³/mol. The lowest BCUT2D eigenvalue weighted by Crippen LogP contribution is -2.61. The zero-order valence-electron chi connectivity index (χ0n) is 85.3. The number of hydrogen-bond donors (Lipinski definition) is 14. The predicted octanol–water partition coefficient (Wildman–Crippen LogP) is 2.73. The standard InChI is InChI=1S/C96H153N13O33S/c1-19-60(8)80(74(130-17)53-76(111)109-32-23-26-72(109)85(131-18)61(9)87(116)98-62(10)81(112)65-24-21-20-22-25-65)106(14)92(121)78(58(4)5)104-91(120)79(59(6)7)107(15)96(125)140-55-64-27-29-69(73(50-64)141-94-84(115)82(113)83(114)86(142-94)93(122)123)101-88(117)63(11)99-90(119)77(57(2)3)103-75(110)31-33-108-68(54-105(13)97-12)52-66-51-67(28-30-71(66)108)100-89(118)70(56-143(126,127)128)102-95(124)139-49-48-138-47-46-137-45-44-136-43-42-135-41-40-134-39-38-133-37-36-132-35-34-129-16/h20-22,24-25,27-30,50-52,57-63,70,72,74,77-86,94,97,112-115H,19,23,26,31-49,53-56H2,1-18H3,(H,98,116)(H,99,119)(H,100,118)(H,101,117)(H,102,124)(H,103,110)(H,104,120)(H,122,123)(H,126,127,128)/t60-,61+,62+,63-,70-,72-,74+,77-,78-,79-,80-,81+,82-,83-,84+,85+,86-,94+/m0/s1. The summed E-state index contributed by atoms with van der Waals surface area (Å²) in [6, 6.07) is 10.4. The van der Waals surface area contributed by atoms with E-state index in [1.165, 1.54) is 57.4 Å². The van der Waals surface area contributed by atoms with Crippen molar-refractivity contribution >= 4 is 97.8 Å². The zero-order chi connectivity index (χ0) is 106. The van der Waals surface area contributed by atoms with Crippen molar-refractivity contribution in [1.82, 2.24) is 56.3 Å². The minimum absolute atomic E-state index is 0.0293. The van der Waals surface area contributed by atoms with E-state index in [1.807, 2.05) is 24.5 Å². The van der Waals surface area contributed by atoms with Gasteiger partial charge in [-0.3, -0.25) is 53.2 Å². The fourth-order valence-electron chi connectivity index (χ4n) is 16.4. The van der Waals surface area contributed by atoms with E-state index in [4.69, 9.17) is 66.3 Å². The number of carbonyl (C=O) groups excluding carboxylic acids is 10. The molecule has 0 unspecified atom stereocenters. The zero-order valence-corrected chi connectivity index (χ0v) is 86.1. The van der Waals surface area contributed by atoms with E-state index in [0.29, 0.717) is 121 Å². The van der Waals surface area contributed by atoms with E-state index in [0.717, 1.165) is 4.90 Å². The number of likely N-dealkylation sites (N-methyl/N-ethyl adjacent to an activating group) is 2. The van der Waals surface area contributed by atoms with Crippen molar-refractivity contribution in [3.8, 4) is 5.75 Å². The third-order valence-corrected chi connectivity index (χ3v) is 25.3. The molecular formula is C96H153N13O33S. The number of aliphatic hydroxyl groups is 4. The molecule has 3 heterocycles. The van der Waals surface area contributed by atoms with Crippen LogP contribution in [-0.2, 0) is 135 Å². The van der Waals surface area contributed by atoms with Crippen molar-refractivity contribution < 1.29 is 158 Å². The number of aromatic nitrogens is 1. The highest BCUT2D eigenvalue weighted by atomic mass is 32.2. The quantitative estimate of drug-likeness (QED) is 0.0172. The van der Waals surface area contributed by atoms with Gasteiger partial charge in [-0.1, -0.05) is 105 Å². The van der Waals surface area contributed by atoms with Crippen LogP contribution in [-0.4, -0.2) is 387 Å². The average molecular weight is 2050 g/mol. The second-order valence-corrected chi connectivity index (χ2v) is 37.8. The van der Waals surface area contributed by atoms with Crippen molar-refractivity contribution in [3.05, 3.63) is 89.6 Å². The van der Waals surface area contributed by atoms with Gasteiger partial charge in [-0.15, -0.1) is 0 Å². The van der Waals surface area contributed by atoms with Crippen LogP contribution in [0.1, 0.15) is 131 Å². The van der Waals surface area contributed by atoms with Crippen LogP contribution in [0.25, 0.3) is 10.9 Å². The molecule has 10 amide bonds. The number of rotatable bonds is 66. The first-order valence-electron chi connectivity index (χ1n) is 48.1. The molecule has 2 aliphatic rings. The van der Waals surface area contributed by atoms with Crippen molar-refractivity contribution in [3.63, 3.8) is 0 Å². The van der Waals surface area contributed by atoms with Gasteiger partial charge in [0, 0.05) is 84.3 Å². The SMILES string of the molecule is CC[C@H](C)[C@@H]([C@@H](CC(=O)N1CCC[C@H]1[C@H](OC)[C@@H](C)C(=O)N[C@H](C)[C@@H](O)c1ccccc1)OC)N(C)C(=O)[C@@H](NC(=O)[C@H](C(C)C)N(C)C(=O)OCc1ccc(NC(=O)[C@H](C)NC(=O)[C@@H](NC(=O)CCn2c(CN(C)NC)cc3cc(NC(=O)[C@H](CS(=O)(=O)O)NC(=O)OCCOCCOCCOCCOCCOCCOCCOCCOC)ccc32)C(C)C)c(O[C@@H]2O[C@H](C(=O)O)[C@@H](O)[C@H](O)[C@H]2O)c1)C(C)C. The highest BCUT2D eigenvalue weighted by molar-refractivity contribution is 7.85. The summed E-state index contributed by atoms with van der Waals surface area (Å²) >= 11 is 0. The number of hydrazine groups is 1. The summed E-state index contributed by atoms with van der Waals surface area (Å²) in [5, 5.41) is 74.3. The third-order valence-electron chi connectivity index (χ3n) is 24.5. The summed E-state index contributed by atoms with van der Waals surface area (Å²) in [4.78, 5) is 158. The molecule has 806 valence electrons. The molecule has 0 radical (unpaired) electrons. The second-order valence-electron chi connectivity index (χ2n) is 36.3. The first-order valence-corrected chi connectivity index (χ1v) is 49.7. The van der Waals surface area contributed by atoms with Crippen LogP contribution in [0, 0.1) is 29.6 Å². The number of anilines is 2. The molecule has 18 atom stereocenters. The van der Waals surface area contributed by atoms with Crippen LogP contribution < -0.4 is 47.4 Å². The number of carboxylic acid groups (broad SMARTS) is 1. The molecule has 143 heavy (non-hydrogen) atoms. The normalized spacial score (nSPS) is 18.6. The van der Waals surface area contributed by atoms with Gasteiger partial charge in [0.1, 0.15) is 73.2 Å². The number of amides is 10. The van der Waals surface area contributed by atoms with E-state index in [-0.39, 0.29) is 93.6 Å². The highest BCUT2D eigenvalue weighted by Gasteiger charge is 2.50. The van der Waals surface area contributed by atoms with Crippen molar-refractivity contribution in [2.45, 2.75) is 225 Å². The van der Waals surface area contributed by atoms with E-state index >= 15 is 4.79 Å². The molecule has 0 saturated carbocycles. The largest absolute Gasteiger partial charge is 0.479 e. The lowest BCUT2D eigenvalue weighted by molar-refractivity contribution is -0.271. The molecule has 0 aliphatic carbocycles. The number of benzene rings is 3. The number of alkyl carbamates (subject to hydrolysis) is 1. The summed E-state index contributed by atoms with van der Waals surface area (Å²) in [5.74, 6) is -11.3. The summed E-state index contributed by atoms with van der Waals surface area (Å²) in [6.07, 6.45) is -14.0. The number of aliphatic hydroxyl groups excluding tert-OH is 4. The van der Waals surface area contributed by atoms with Gasteiger partial charge in [0.25, 0.3) is 10.1 Å². The van der Waals surface area contributed by atoms with Crippen LogP contribution in [0.4, 0.5) is 21.0 Å². The van der Waals surface area contributed by atoms with Crippen LogP contribution in [0.15, 0.2) is 72.8 Å². The van der Waals surface area contributed by atoms with Gasteiger partial charge < -0.3 is 143 Å². The first kappa shape index (κ1) is 122. The maximum atomic E-state index is 15.1. The van der Waals surface area contributed by atoms with E-state index < -0.39 is 203 Å². The van der Waals surface area contributed by atoms with Gasteiger partial charge >= 0.3 is 18.2 Å². The molecule has 14 N–H and O–H groups in total. The van der Waals surface area contributed by atoms with Crippen LogP contribution >= 0.6 is 0 Å². The summed E-state index contributed by atoms with van der Waals surface area (Å²) < 4.78 is 113.